The van der Waals surface area contributed by atoms with Crippen LogP contribution in [-0.4, -0.2) is 53.8 Å². The van der Waals surface area contributed by atoms with Crippen LogP contribution in [0, 0.1) is 11.7 Å². The molecule has 4 rings (SSSR count). The van der Waals surface area contributed by atoms with Gasteiger partial charge < -0.3 is 15.4 Å². The standard InChI is InChI=1S/C32H43F4N3O2S/c1-4-16-42-39-15-14-37-20-26(39)12-13-27-29(32(34,35)36)6-5-7-30(27)38-31(40)19-28(23-8-10-25(33)11-9-23)24-17-21(2)41-22(3)18-24/h5-11,21-22,24,26,28,37H,4,12-20H2,1-3H3,(H,38,40). The maximum atomic E-state index is 14.2. The monoisotopic (exact) mass is 609 g/mol. The first-order valence-corrected chi connectivity index (χ1v) is 16.0. The summed E-state index contributed by atoms with van der Waals surface area (Å²) in [6.45, 7) is 8.53. The average Bonchev–Trinajstić information content (AvgIpc) is 2.94. The topological polar surface area (TPSA) is 53.6 Å². The highest BCUT2D eigenvalue weighted by Gasteiger charge is 2.36. The minimum absolute atomic E-state index is 0.0177. The first-order chi connectivity index (χ1) is 20.0. The molecule has 0 saturated carbocycles. The van der Waals surface area contributed by atoms with Gasteiger partial charge in [0.05, 0.1) is 17.8 Å². The van der Waals surface area contributed by atoms with Crippen LogP contribution in [0.15, 0.2) is 42.5 Å². The molecular formula is C32H43F4N3O2S. The summed E-state index contributed by atoms with van der Waals surface area (Å²) >= 11 is 1.75. The highest BCUT2D eigenvalue weighted by atomic mass is 32.2. The predicted molar refractivity (Wildman–Crippen MR) is 161 cm³/mol. The summed E-state index contributed by atoms with van der Waals surface area (Å²) in [4.78, 5) is 13.5. The molecule has 2 saturated heterocycles. The van der Waals surface area contributed by atoms with Gasteiger partial charge in [-0.2, -0.15) is 13.2 Å². The fourth-order valence-electron chi connectivity index (χ4n) is 6.37. The Morgan fingerprint density at radius 2 is 1.86 bits per heavy atom. The minimum atomic E-state index is -4.54. The summed E-state index contributed by atoms with van der Waals surface area (Å²) in [6.07, 6.45) is -1.17. The van der Waals surface area contributed by atoms with Gasteiger partial charge in [-0.3, -0.25) is 4.79 Å². The number of piperazine rings is 1. The van der Waals surface area contributed by atoms with Crippen LogP contribution in [0.2, 0.25) is 0 Å². The Morgan fingerprint density at radius 1 is 1.14 bits per heavy atom. The van der Waals surface area contributed by atoms with E-state index in [1.165, 1.54) is 18.2 Å². The largest absolute Gasteiger partial charge is 0.416 e. The summed E-state index contributed by atoms with van der Waals surface area (Å²) in [5.41, 5.74) is 0.463. The van der Waals surface area contributed by atoms with E-state index in [4.69, 9.17) is 4.74 Å². The van der Waals surface area contributed by atoms with E-state index < -0.39 is 11.7 Å². The van der Waals surface area contributed by atoms with Crippen molar-refractivity contribution in [3.8, 4) is 0 Å². The van der Waals surface area contributed by atoms with Gasteiger partial charge in [-0.1, -0.05) is 37.1 Å². The minimum Gasteiger partial charge on any atom is -0.376 e. The lowest BCUT2D eigenvalue weighted by atomic mass is 9.76. The molecule has 0 spiro atoms. The second kappa shape index (κ2) is 15.0. The summed E-state index contributed by atoms with van der Waals surface area (Å²) in [5, 5.41) is 6.22. The SMILES string of the molecule is CCCSN1CCNCC1CCc1c(NC(=O)CC(c2ccc(F)cc2)C2CC(C)OC(C)C2)cccc1C(F)(F)F. The van der Waals surface area contributed by atoms with Crippen LogP contribution in [0.1, 0.15) is 75.5 Å². The quantitative estimate of drug-likeness (QED) is 0.205. The first-order valence-electron chi connectivity index (χ1n) is 15.0. The third kappa shape index (κ3) is 8.94. The van der Waals surface area contributed by atoms with Crippen molar-refractivity contribution in [3.05, 3.63) is 65.0 Å². The Labute approximate surface area is 251 Å². The molecule has 2 aliphatic heterocycles. The molecule has 2 aromatic carbocycles. The van der Waals surface area contributed by atoms with Gasteiger partial charge in [0.1, 0.15) is 5.82 Å². The molecule has 2 aromatic rings. The number of nitrogens with one attached hydrogen (secondary N) is 2. The second-order valence-electron chi connectivity index (χ2n) is 11.6. The Morgan fingerprint density at radius 3 is 2.52 bits per heavy atom. The van der Waals surface area contributed by atoms with E-state index >= 15 is 0 Å². The number of carbonyl (C=O) groups excluding carboxylic acids is 1. The van der Waals surface area contributed by atoms with E-state index in [1.54, 1.807) is 30.1 Å². The number of halogens is 4. The van der Waals surface area contributed by atoms with Crippen molar-refractivity contribution in [2.24, 2.45) is 5.92 Å². The van der Waals surface area contributed by atoms with Gasteiger partial charge in [-0.25, -0.2) is 8.70 Å². The van der Waals surface area contributed by atoms with Crippen LogP contribution in [-0.2, 0) is 22.1 Å². The molecule has 0 aromatic heterocycles. The van der Waals surface area contributed by atoms with Crippen LogP contribution in [0.3, 0.4) is 0 Å². The van der Waals surface area contributed by atoms with Crippen LogP contribution in [0.25, 0.3) is 0 Å². The summed E-state index contributed by atoms with van der Waals surface area (Å²) in [5.74, 6) is 0.161. The summed E-state index contributed by atoms with van der Waals surface area (Å²) in [6, 6.07) is 10.3. The van der Waals surface area contributed by atoms with Crippen molar-refractivity contribution in [1.29, 1.82) is 0 Å². The molecule has 1 amide bonds. The second-order valence-corrected chi connectivity index (χ2v) is 12.7. The molecule has 4 unspecified atom stereocenters. The lowest BCUT2D eigenvalue weighted by molar-refractivity contribution is -0.138. The molecule has 4 atom stereocenters. The zero-order chi connectivity index (χ0) is 30.3. The Balaban J connectivity index is 1.55. The first kappa shape index (κ1) is 32.8. The van der Waals surface area contributed by atoms with Gasteiger partial charge in [0, 0.05) is 43.5 Å². The number of carbonyl (C=O) groups is 1. The van der Waals surface area contributed by atoms with E-state index in [1.807, 2.05) is 13.8 Å². The molecular weight excluding hydrogens is 566 g/mol. The molecule has 0 radical (unpaired) electrons. The lowest BCUT2D eigenvalue weighted by Gasteiger charge is -2.37. The van der Waals surface area contributed by atoms with Gasteiger partial charge in [0.2, 0.25) is 5.91 Å². The van der Waals surface area contributed by atoms with Crippen LogP contribution in [0.4, 0.5) is 23.2 Å². The van der Waals surface area contributed by atoms with Crippen LogP contribution >= 0.6 is 11.9 Å². The molecule has 42 heavy (non-hydrogen) atoms. The van der Waals surface area contributed by atoms with Crippen molar-refractivity contribution < 1.29 is 27.1 Å². The molecule has 5 nitrogen and oxygen atoms in total. The van der Waals surface area contributed by atoms with Gasteiger partial charge in [0.25, 0.3) is 0 Å². The number of benzene rings is 2. The van der Waals surface area contributed by atoms with Crippen molar-refractivity contribution in [2.75, 3.05) is 30.7 Å². The number of nitrogens with zero attached hydrogens (tertiary/aromatic N) is 1. The third-order valence-corrected chi connectivity index (χ3v) is 9.65. The number of ether oxygens (including phenoxy) is 1. The Hall–Kier alpha value is -2.14. The molecule has 2 N–H and O–H groups in total. The third-order valence-electron chi connectivity index (χ3n) is 8.25. The van der Waals surface area contributed by atoms with E-state index in [2.05, 4.69) is 21.9 Å². The maximum absolute atomic E-state index is 14.2. The molecule has 0 aliphatic carbocycles. The Kier molecular flexibility index (Phi) is 11.7. The number of anilines is 1. The number of amides is 1. The predicted octanol–water partition coefficient (Wildman–Crippen LogP) is 7.43. The number of hydrogen-bond acceptors (Lipinski definition) is 5. The average molecular weight is 610 g/mol. The van der Waals surface area contributed by atoms with Crippen LogP contribution in [0.5, 0.6) is 0 Å². The van der Waals surface area contributed by atoms with Gasteiger partial charge in [-0.15, -0.1) is 0 Å². The molecule has 0 bridgehead atoms. The van der Waals surface area contributed by atoms with E-state index in [0.29, 0.717) is 13.0 Å². The summed E-state index contributed by atoms with van der Waals surface area (Å²) < 4.78 is 64.5. The molecule has 232 valence electrons. The van der Waals surface area contributed by atoms with Crippen LogP contribution < -0.4 is 10.6 Å². The normalized spacial score (nSPS) is 24.4. The Bertz CT molecular complexity index is 1150. The smallest absolute Gasteiger partial charge is 0.376 e. The molecule has 10 heteroatoms. The van der Waals surface area contributed by atoms with E-state index in [0.717, 1.165) is 49.7 Å². The maximum Gasteiger partial charge on any atom is 0.416 e. The zero-order valence-electron chi connectivity index (χ0n) is 24.7. The fourth-order valence-corrected chi connectivity index (χ4v) is 7.40. The van der Waals surface area contributed by atoms with Crippen molar-refractivity contribution in [3.63, 3.8) is 0 Å². The van der Waals surface area contributed by atoms with Crippen molar-refractivity contribution in [1.82, 2.24) is 9.62 Å². The zero-order valence-corrected chi connectivity index (χ0v) is 25.5. The van der Waals surface area contributed by atoms with E-state index in [9.17, 15) is 22.4 Å². The number of alkyl halides is 3. The highest BCUT2D eigenvalue weighted by molar-refractivity contribution is 7.97. The molecule has 2 heterocycles. The van der Waals surface area contributed by atoms with Gasteiger partial charge in [0.15, 0.2) is 0 Å². The van der Waals surface area contributed by atoms with Gasteiger partial charge >= 0.3 is 6.18 Å². The summed E-state index contributed by atoms with van der Waals surface area (Å²) in [7, 11) is 0. The number of rotatable bonds is 11. The van der Waals surface area contributed by atoms with E-state index in [-0.39, 0.29) is 65.9 Å². The van der Waals surface area contributed by atoms with Crippen molar-refractivity contribution >= 4 is 23.5 Å². The number of hydrogen-bond donors (Lipinski definition) is 2. The van der Waals surface area contributed by atoms with Crippen molar-refractivity contribution in [2.45, 2.75) is 89.6 Å². The molecule has 2 fully saturated rings. The highest BCUT2D eigenvalue weighted by Crippen LogP contribution is 2.40. The lowest BCUT2D eigenvalue weighted by Crippen LogP contribution is -2.48. The van der Waals surface area contributed by atoms with Gasteiger partial charge in [-0.05, 0) is 93.2 Å². The fraction of sp³-hybridized carbons (Fsp3) is 0.594. The molecule has 2 aliphatic rings.